The fourth-order valence-corrected chi connectivity index (χ4v) is 6.78. The van der Waals surface area contributed by atoms with Gasteiger partial charge >= 0.3 is 0 Å². The van der Waals surface area contributed by atoms with Gasteiger partial charge < -0.3 is 10.3 Å². The van der Waals surface area contributed by atoms with Gasteiger partial charge in [-0.15, -0.1) is 10.8 Å². The highest BCUT2D eigenvalue weighted by Crippen LogP contribution is 2.65. The van der Waals surface area contributed by atoms with Crippen LogP contribution in [0.5, 0.6) is 0 Å². The number of carbonyl (C=O) groups excluding carboxylic acids is 1. The molecule has 5 rings (SSSR count). The van der Waals surface area contributed by atoms with Gasteiger partial charge in [-0.2, -0.15) is 4.31 Å². The van der Waals surface area contributed by atoms with Gasteiger partial charge in [0.15, 0.2) is 0 Å². The minimum atomic E-state index is -3.16. The van der Waals surface area contributed by atoms with Crippen LogP contribution in [-0.4, -0.2) is 36.9 Å². The van der Waals surface area contributed by atoms with Gasteiger partial charge in [-0.05, 0) is 54.8 Å². The van der Waals surface area contributed by atoms with E-state index in [0.29, 0.717) is 23.4 Å². The molecular weight excluding hydrogens is 393 g/mol. The molecule has 1 saturated heterocycles. The number of benzene rings is 2. The predicted molar refractivity (Wildman–Crippen MR) is 111 cm³/mol. The Hall–Kier alpha value is -2.39. The summed E-state index contributed by atoms with van der Waals surface area (Å²) >= 11 is 0. The van der Waals surface area contributed by atoms with Crippen LogP contribution in [0, 0.1) is 5.82 Å². The van der Waals surface area contributed by atoms with Gasteiger partial charge in [0, 0.05) is 41.7 Å². The quantitative estimate of drug-likeness (QED) is 0.490. The monoisotopic (exact) mass is 415 g/mol. The molecule has 0 saturated carbocycles. The Labute approximate surface area is 169 Å². The van der Waals surface area contributed by atoms with Crippen molar-refractivity contribution < 1.29 is 18.3 Å². The largest absolute Gasteiger partial charge is 0.360 e. The Morgan fingerprint density at radius 2 is 2.03 bits per heavy atom. The number of rotatable bonds is 2. The van der Waals surface area contributed by atoms with Crippen molar-refractivity contribution in [2.24, 2.45) is 0 Å². The van der Waals surface area contributed by atoms with Gasteiger partial charge in [-0.1, -0.05) is 6.07 Å². The molecule has 2 aromatic carbocycles. The Morgan fingerprint density at radius 3 is 2.83 bits per heavy atom. The number of carbonyl (C=O) groups is 1. The van der Waals surface area contributed by atoms with E-state index in [1.165, 1.54) is 12.1 Å². The lowest BCUT2D eigenvalue weighted by Gasteiger charge is -2.44. The SMILES string of the molecule is C[C@@H]1c2cc(-c3c[nH]c4cc(F)ccc34)ccc2S(O)(O)N1C1CCNC(=O)C1. The van der Waals surface area contributed by atoms with E-state index in [-0.39, 0.29) is 30.2 Å². The number of aromatic amines is 1. The molecule has 6 nitrogen and oxygen atoms in total. The van der Waals surface area contributed by atoms with Crippen molar-refractivity contribution in [2.75, 3.05) is 6.54 Å². The van der Waals surface area contributed by atoms with Crippen LogP contribution < -0.4 is 5.32 Å². The Balaban J connectivity index is 1.56. The first-order valence-electron chi connectivity index (χ1n) is 9.60. The van der Waals surface area contributed by atoms with E-state index in [2.05, 4.69) is 10.3 Å². The van der Waals surface area contributed by atoms with Crippen molar-refractivity contribution in [2.45, 2.75) is 36.7 Å². The summed E-state index contributed by atoms with van der Waals surface area (Å²) in [4.78, 5) is 15.5. The first-order chi connectivity index (χ1) is 13.9. The van der Waals surface area contributed by atoms with Crippen molar-refractivity contribution in [3.63, 3.8) is 0 Å². The van der Waals surface area contributed by atoms with Crippen LogP contribution in [-0.2, 0) is 4.79 Å². The van der Waals surface area contributed by atoms with Gasteiger partial charge in [0.25, 0.3) is 0 Å². The number of nitrogens with zero attached hydrogens (tertiary/aromatic N) is 1. The predicted octanol–water partition coefficient (Wildman–Crippen LogP) is 4.65. The van der Waals surface area contributed by atoms with E-state index in [1.54, 1.807) is 16.4 Å². The van der Waals surface area contributed by atoms with Crippen LogP contribution in [0.2, 0.25) is 0 Å². The lowest BCUT2D eigenvalue weighted by atomic mass is 9.98. The van der Waals surface area contributed by atoms with Crippen LogP contribution in [0.3, 0.4) is 0 Å². The molecule has 2 aliphatic rings. The minimum Gasteiger partial charge on any atom is -0.360 e. The van der Waals surface area contributed by atoms with E-state index in [0.717, 1.165) is 22.1 Å². The van der Waals surface area contributed by atoms with E-state index in [1.807, 2.05) is 25.3 Å². The molecule has 0 spiro atoms. The molecule has 1 amide bonds. The second-order valence-corrected chi connectivity index (χ2v) is 9.60. The summed E-state index contributed by atoms with van der Waals surface area (Å²) < 4.78 is 37.3. The van der Waals surface area contributed by atoms with Crippen LogP contribution in [0.1, 0.15) is 31.4 Å². The number of nitrogens with one attached hydrogen (secondary N) is 2. The third-order valence-electron chi connectivity index (χ3n) is 5.97. The smallest absolute Gasteiger partial charge is 0.221 e. The maximum absolute atomic E-state index is 13.5. The second-order valence-electron chi connectivity index (χ2n) is 7.70. The number of aromatic nitrogens is 1. The number of amides is 1. The average molecular weight is 415 g/mol. The van der Waals surface area contributed by atoms with E-state index >= 15 is 0 Å². The third-order valence-corrected chi connectivity index (χ3v) is 8.13. The minimum absolute atomic E-state index is 0.0636. The van der Waals surface area contributed by atoms with Gasteiger partial charge in [-0.25, -0.2) is 4.39 Å². The number of hydrogen-bond donors (Lipinski definition) is 4. The summed E-state index contributed by atoms with van der Waals surface area (Å²) in [7, 11) is -3.16. The number of fused-ring (bicyclic) bond motifs is 2. The lowest BCUT2D eigenvalue weighted by Crippen LogP contribution is -2.45. The summed E-state index contributed by atoms with van der Waals surface area (Å²) in [5, 5.41) is 3.70. The highest BCUT2D eigenvalue weighted by atomic mass is 32.3. The van der Waals surface area contributed by atoms with E-state index < -0.39 is 10.8 Å². The topological polar surface area (TPSA) is 88.6 Å². The fourth-order valence-electron chi connectivity index (χ4n) is 4.61. The molecule has 152 valence electrons. The highest BCUT2D eigenvalue weighted by Gasteiger charge is 2.45. The zero-order valence-electron chi connectivity index (χ0n) is 15.9. The maximum Gasteiger partial charge on any atom is 0.221 e. The summed E-state index contributed by atoms with van der Waals surface area (Å²) in [6, 6.07) is 9.80. The number of H-pyrrole nitrogens is 1. The van der Waals surface area contributed by atoms with Crippen LogP contribution >= 0.6 is 10.8 Å². The molecule has 3 aromatic rings. The van der Waals surface area contributed by atoms with E-state index in [9.17, 15) is 18.3 Å². The van der Waals surface area contributed by atoms with Crippen molar-refractivity contribution in [1.82, 2.24) is 14.6 Å². The summed E-state index contributed by atoms with van der Waals surface area (Å²) in [6.45, 7) is 2.48. The zero-order chi connectivity index (χ0) is 20.3. The third kappa shape index (κ3) is 2.86. The Bertz CT molecular complexity index is 1130. The Morgan fingerprint density at radius 1 is 1.21 bits per heavy atom. The number of hydrogen-bond acceptors (Lipinski definition) is 4. The summed E-state index contributed by atoms with van der Waals surface area (Å²) in [6.07, 6.45) is 2.78. The van der Waals surface area contributed by atoms with Gasteiger partial charge in [-0.3, -0.25) is 13.9 Å². The molecule has 8 heteroatoms. The maximum atomic E-state index is 13.5. The standard InChI is InChI=1S/C21H22FN3O3S/c1-12-17-8-13(18-11-24-19-9-14(22)3-4-16(18)19)2-5-20(17)29(27,28)25(12)15-6-7-23-21(26)10-15/h2-5,8-9,11-12,15,24,27-28H,6-7,10H2,1H3,(H,23,26)/t12-,15?/m1/s1. The molecule has 3 heterocycles. The first kappa shape index (κ1) is 18.6. The van der Waals surface area contributed by atoms with Gasteiger partial charge in [0.1, 0.15) is 5.82 Å². The first-order valence-corrected chi connectivity index (χ1v) is 11.1. The molecule has 1 fully saturated rings. The average Bonchev–Trinajstić information content (AvgIpc) is 3.18. The molecular formula is C21H22FN3O3S. The summed E-state index contributed by atoms with van der Waals surface area (Å²) in [5.74, 6) is -0.360. The molecule has 0 aliphatic carbocycles. The molecule has 0 bridgehead atoms. The zero-order valence-corrected chi connectivity index (χ0v) is 16.7. The van der Waals surface area contributed by atoms with Gasteiger partial charge in [0.05, 0.1) is 10.9 Å². The highest BCUT2D eigenvalue weighted by molar-refractivity contribution is 8.22. The molecule has 2 aliphatic heterocycles. The second kappa shape index (κ2) is 6.56. The molecule has 1 aromatic heterocycles. The molecule has 2 atom stereocenters. The van der Waals surface area contributed by atoms with Crippen molar-refractivity contribution in [3.8, 4) is 11.1 Å². The Kier molecular flexibility index (Phi) is 4.22. The lowest BCUT2D eigenvalue weighted by molar-refractivity contribution is -0.123. The molecule has 4 N–H and O–H groups in total. The normalized spacial score (nSPS) is 25.0. The molecule has 29 heavy (non-hydrogen) atoms. The molecule has 1 unspecified atom stereocenters. The van der Waals surface area contributed by atoms with Gasteiger partial charge in [0.2, 0.25) is 5.91 Å². The number of piperidine rings is 1. The van der Waals surface area contributed by atoms with Crippen molar-refractivity contribution in [3.05, 3.63) is 54.0 Å². The fraction of sp³-hybridized carbons (Fsp3) is 0.286. The van der Waals surface area contributed by atoms with Crippen LogP contribution in [0.25, 0.3) is 22.0 Å². The van der Waals surface area contributed by atoms with Crippen LogP contribution in [0.4, 0.5) is 4.39 Å². The summed E-state index contributed by atoms with van der Waals surface area (Å²) in [5.41, 5.74) is 3.42. The van der Waals surface area contributed by atoms with Crippen molar-refractivity contribution >= 4 is 27.6 Å². The van der Waals surface area contributed by atoms with Crippen molar-refractivity contribution in [1.29, 1.82) is 0 Å². The molecule has 0 radical (unpaired) electrons. The van der Waals surface area contributed by atoms with Crippen LogP contribution in [0.15, 0.2) is 47.5 Å². The number of halogens is 1. The van der Waals surface area contributed by atoms with E-state index in [4.69, 9.17) is 0 Å².